The Morgan fingerprint density at radius 2 is 1.96 bits per heavy atom. The van der Waals surface area contributed by atoms with Gasteiger partial charge in [-0.1, -0.05) is 30.2 Å². The number of ether oxygens (including phenoxy) is 1. The molecule has 0 unspecified atom stereocenters. The summed E-state index contributed by atoms with van der Waals surface area (Å²) >= 11 is 0. The van der Waals surface area contributed by atoms with Crippen LogP contribution in [0.2, 0.25) is 0 Å². The second-order valence-corrected chi connectivity index (χ2v) is 7.13. The Balaban J connectivity index is 1.47. The summed E-state index contributed by atoms with van der Waals surface area (Å²) in [6.07, 6.45) is 2.35. The van der Waals surface area contributed by atoms with Gasteiger partial charge >= 0.3 is 0 Å². The van der Waals surface area contributed by atoms with E-state index in [1.54, 1.807) is 0 Å². The van der Waals surface area contributed by atoms with Gasteiger partial charge in [-0.3, -0.25) is 0 Å². The number of nitrogens with one attached hydrogen (secondary N) is 1. The van der Waals surface area contributed by atoms with Crippen LogP contribution in [0.15, 0.2) is 54.6 Å². The fourth-order valence-electron chi connectivity index (χ4n) is 3.58. The molecule has 1 saturated heterocycles. The Kier molecular flexibility index (Phi) is 5.46. The molecule has 0 aliphatic carbocycles. The van der Waals surface area contributed by atoms with Gasteiger partial charge in [0.05, 0.1) is 25.5 Å². The predicted octanol–water partition coefficient (Wildman–Crippen LogP) is 4.70. The highest BCUT2D eigenvalue weighted by atomic mass is 16.5. The molecule has 27 heavy (non-hydrogen) atoms. The topological polar surface area (TPSA) is 26.2 Å². The van der Waals surface area contributed by atoms with E-state index in [-0.39, 0.29) is 0 Å². The Bertz CT molecular complexity index is 958. The van der Waals surface area contributed by atoms with Gasteiger partial charge in [0, 0.05) is 29.1 Å². The van der Waals surface area contributed by atoms with Crippen LogP contribution in [0.5, 0.6) is 0 Å². The monoisotopic (exact) mass is 358 g/mol. The van der Waals surface area contributed by atoms with Crippen LogP contribution in [0.4, 0.5) is 5.69 Å². The first-order chi connectivity index (χ1) is 13.3. The van der Waals surface area contributed by atoms with E-state index in [1.807, 2.05) is 18.2 Å². The Hall–Kier alpha value is -2.70. The third-order valence-corrected chi connectivity index (χ3v) is 5.20. The fourth-order valence-corrected chi connectivity index (χ4v) is 3.58. The number of rotatable bonds is 6. The van der Waals surface area contributed by atoms with Gasteiger partial charge < -0.3 is 14.6 Å². The zero-order valence-corrected chi connectivity index (χ0v) is 15.9. The average molecular weight is 358 g/mol. The summed E-state index contributed by atoms with van der Waals surface area (Å²) in [4.78, 5) is 0. The van der Waals surface area contributed by atoms with Gasteiger partial charge in [0.2, 0.25) is 0 Å². The normalized spacial score (nSPS) is 13.8. The molecule has 138 valence electrons. The van der Waals surface area contributed by atoms with E-state index in [1.165, 1.54) is 22.9 Å². The van der Waals surface area contributed by atoms with Crippen LogP contribution in [-0.2, 0) is 17.7 Å². The van der Waals surface area contributed by atoms with E-state index in [2.05, 4.69) is 65.0 Å². The van der Waals surface area contributed by atoms with E-state index >= 15 is 0 Å². The van der Waals surface area contributed by atoms with Crippen LogP contribution in [-0.4, -0.2) is 24.3 Å². The fraction of sp³-hybridized carbons (Fsp3) is 0.333. The number of para-hydroxylation sites is 1. The van der Waals surface area contributed by atoms with Crippen LogP contribution in [0.1, 0.15) is 24.6 Å². The number of aromatic nitrogens is 1. The van der Waals surface area contributed by atoms with Crippen molar-refractivity contribution in [2.75, 3.05) is 25.1 Å². The van der Waals surface area contributed by atoms with Crippen LogP contribution in [0.3, 0.4) is 0 Å². The molecule has 1 aliphatic rings. The molecule has 0 bridgehead atoms. The molecule has 0 amide bonds. The molecular formula is C24H26N2O. The molecule has 0 saturated carbocycles. The lowest BCUT2D eigenvalue weighted by Crippen LogP contribution is -2.27. The molecule has 1 aliphatic heterocycles. The van der Waals surface area contributed by atoms with Gasteiger partial charge in [-0.05, 0) is 61.6 Å². The maximum absolute atomic E-state index is 5.28. The van der Waals surface area contributed by atoms with Gasteiger partial charge in [0.15, 0.2) is 0 Å². The van der Waals surface area contributed by atoms with Crippen molar-refractivity contribution in [1.29, 1.82) is 0 Å². The van der Waals surface area contributed by atoms with E-state index < -0.39 is 0 Å². The van der Waals surface area contributed by atoms with Crippen LogP contribution in [0.25, 0.3) is 10.9 Å². The van der Waals surface area contributed by atoms with Gasteiger partial charge in [0.25, 0.3) is 0 Å². The predicted molar refractivity (Wildman–Crippen MR) is 112 cm³/mol. The lowest BCUT2D eigenvalue weighted by molar-refractivity contribution is -0.0352. The van der Waals surface area contributed by atoms with Crippen molar-refractivity contribution in [1.82, 2.24) is 4.57 Å². The van der Waals surface area contributed by atoms with Crippen molar-refractivity contribution in [2.24, 2.45) is 5.92 Å². The van der Waals surface area contributed by atoms with E-state index in [4.69, 9.17) is 4.74 Å². The Morgan fingerprint density at radius 3 is 2.70 bits per heavy atom. The SMILES string of the molecule is CCn1c(C#CCNc2ccccc2)cc2cc(CCC3COC3)ccc21. The standard InChI is InChI=1S/C24H26N2O/c1-2-26-23(9-6-14-25-22-7-4-3-5-8-22)16-21-15-19(12-13-24(21)26)10-11-20-17-27-18-20/h3-5,7-8,12-13,15-16,20,25H,2,10-11,14,17-18H2,1H3. The smallest absolute Gasteiger partial charge is 0.0931 e. The summed E-state index contributed by atoms with van der Waals surface area (Å²) in [5.74, 6) is 7.36. The summed E-state index contributed by atoms with van der Waals surface area (Å²) < 4.78 is 7.58. The molecule has 3 heteroatoms. The number of benzene rings is 2. The quantitative estimate of drug-likeness (QED) is 0.646. The van der Waals surface area contributed by atoms with Crippen molar-refractivity contribution in [3.8, 4) is 11.8 Å². The molecule has 0 radical (unpaired) electrons. The third kappa shape index (κ3) is 4.18. The van der Waals surface area contributed by atoms with Gasteiger partial charge in [-0.2, -0.15) is 0 Å². The number of aryl methyl sites for hydroxylation is 2. The third-order valence-electron chi connectivity index (χ3n) is 5.20. The van der Waals surface area contributed by atoms with Crippen molar-refractivity contribution in [2.45, 2.75) is 26.3 Å². The van der Waals surface area contributed by atoms with Gasteiger partial charge in [-0.25, -0.2) is 0 Å². The van der Waals surface area contributed by atoms with Crippen molar-refractivity contribution < 1.29 is 4.74 Å². The highest BCUT2D eigenvalue weighted by Crippen LogP contribution is 2.23. The molecule has 0 atom stereocenters. The summed E-state index contributed by atoms with van der Waals surface area (Å²) in [5, 5.41) is 4.63. The minimum atomic E-state index is 0.643. The lowest BCUT2D eigenvalue weighted by Gasteiger charge is -2.25. The van der Waals surface area contributed by atoms with Gasteiger partial charge in [0.1, 0.15) is 0 Å². The largest absolute Gasteiger partial charge is 0.381 e. The molecule has 3 aromatic rings. The molecule has 1 fully saturated rings. The minimum absolute atomic E-state index is 0.643. The number of anilines is 1. The highest BCUT2D eigenvalue weighted by molar-refractivity contribution is 5.83. The number of fused-ring (bicyclic) bond motifs is 1. The van der Waals surface area contributed by atoms with Crippen LogP contribution < -0.4 is 5.32 Å². The Labute approximate surface area is 161 Å². The minimum Gasteiger partial charge on any atom is -0.381 e. The van der Waals surface area contributed by atoms with Crippen LogP contribution >= 0.6 is 0 Å². The van der Waals surface area contributed by atoms with Crippen LogP contribution in [0, 0.1) is 17.8 Å². The summed E-state index contributed by atoms with van der Waals surface area (Å²) in [6.45, 7) is 5.62. The number of hydrogen-bond donors (Lipinski definition) is 1. The summed E-state index contributed by atoms with van der Waals surface area (Å²) in [6, 6.07) is 19.3. The second kappa shape index (κ2) is 8.33. The zero-order chi connectivity index (χ0) is 18.5. The first-order valence-electron chi connectivity index (χ1n) is 9.81. The Morgan fingerprint density at radius 1 is 1.11 bits per heavy atom. The number of nitrogens with zero attached hydrogens (tertiary/aromatic N) is 1. The van der Waals surface area contributed by atoms with Crippen molar-refractivity contribution in [3.63, 3.8) is 0 Å². The highest BCUT2D eigenvalue weighted by Gasteiger charge is 2.17. The summed E-state index contributed by atoms with van der Waals surface area (Å²) in [5.41, 5.74) is 4.87. The molecular weight excluding hydrogens is 332 g/mol. The first-order valence-corrected chi connectivity index (χ1v) is 9.81. The average Bonchev–Trinajstić information content (AvgIpc) is 3.01. The molecule has 2 heterocycles. The number of hydrogen-bond acceptors (Lipinski definition) is 2. The first kappa shape index (κ1) is 17.7. The zero-order valence-electron chi connectivity index (χ0n) is 15.9. The maximum atomic E-state index is 5.28. The molecule has 1 aromatic heterocycles. The van der Waals surface area contributed by atoms with E-state index in [9.17, 15) is 0 Å². The second-order valence-electron chi connectivity index (χ2n) is 7.13. The van der Waals surface area contributed by atoms with E-state index in [0.29, 0.717) is 6.54 Å². The van der Waals surface area contributed by atoms with Crippen molar-refractivity contribution in [3.05, 3.63) is 65.9 Å². The lowest BCUT2D eigenvalue weighted by atomic mass is 9.98. The maximum Gasteiger partial charge on any atom is 0.0931 e. The molecule has 1 N–H and O–H groups in total. The van der Waals surface area contributed by atoms with Crippen molar-refractivity contribution >= 4 is 16.6 Å². The summed E-state index contributed by atoms with van der Waals surface area (Å²) in [7, 11) is 0. The molecule has 2 aromatic carbocycles. The molecule has 4 rings (SSSR count). The molecule has 3 nitrogen and oxygen atoms in total. The van der Waals surface area contributed by atoms with Gasteiger partial charge in [-0.15, -0.1) is 0 Å². The van der Waals surface area contributed by atoms with E-state index in [0.717, 1.165) is 43.5 Å². The molecule has 0 spiro atoms.